The molecule has 1 saturated heterocycles. The molecule has 0 atom stereocenters. The number of carbonyl (C=O) groups is 1. The molecular weight excluding hydrogens is 284 g/mol. The molecule has 5 heteroatoms. The number of aliphatic imine (C=N–C) groups is 1. The maximum absolute atomic E-state index is 12.4. The average Bonchev–Trinajstić information content (AvgIpc) is 2.77. The first-order chi connectivity index (χ1) is 10.2. The van der Waals surface area contributed by atoms with Crippen molar-refractivity contribution in [2.75, 3.05) is 19.7 Å². The lowest BCUT2D eigenvalue weighted by Crippen LogP contribution is -2.28. The Morgan fingerprint density at radius 3 is 2.71 bits per heavy atom. The SMILES string of the molecule is CCN=C1S/C(=C/c2ccccc2OCC)C(=O)N1CC. The third-order valence-corrected chi connectivity index (χ3v) is 4.05. The van der Waals surface area contributed by atoms with E-state index in [9.17, 15) is 4.79 Å². The molecule has 1 amide bonds. The van der Waals surface area contributed by atoms with Gasteiger partial charge in [-0.1, -0.05) is 18.2 Å². The van der Waals surface area contributed by atoms with E-state index in [1.807, 2.05) is 51.1 Å². The van der Waals surface area contributed by atoms with Crippen molar-refractivity contribution in [2.24, 2.45) is 4.99 Å². The van der Waals surface area contributed by atoms with Crippen LogP contribution in [0.1, 0.15) is 26.3 Å². The number of carbonyl (C=O) groups excluding carboxylic acids is 1. The second-order valence-electron chi connectivity index (χ2n) is 4.39. The summed E-state index contributed by atoms with van der Waals surface area (Å²) in [7, 11) is 0. The number of amides is 1. The van der Waals surface area contributed by atoms with E-state index in [1.54, 1.807) is 4.90 Å². The molecule has 0 aromatic heterocycles. The summed E-state index contributed by atoms with van der Waals surface area (Å²) in [6, 6.07) is 7.74. The maximum atomic E-state index is 12.4. The zero-order valence-corrected chi connectivity index (χ0v) is 13.4. The first-order valence-electron chi connectivity index (χ1n) is 7.18. The Hall–Kier alpha value is -1.75. The molecule has 0 aliphatic carbocycles. The minimum Gasteiger partial charge on any atom is -0.493 e. The van der Waals surface area contributed by atoms with Crippen LogP contribution in [0.4, 0.5) is 0 Å². The van der Waals surface area contributed by atoms with Gasteiger partial charge in [-0.3, -0.25) is 14.7 Å². The minimum absolute atomic E-state index is 0.0148. The monoisotopic (exact) mass is 304 g/mol. The summed E-state index contributed by atoms with van der Waals surface area (Å²) in [5, 5.41) is 0.783. The number of hydrogen-bond donors (Lipinski definition) is 0. The van der Waals surface area contributed by atoms with Crippen molar-refractivity contribution in [1.29, 1.82) is 0 Å². The normalized spacial score (nSPS) is 18.8. The lowest BCUT2D eigenvalue weighted by molar-refractivity contribution is -0.122. The highest BCUT2D eigenvalue weighted by Crippen LogP contribution is 2.33. The van der Waals surface area contributed by atoms with Crippen molar-refractivity contribution in [1.82, 2.24) is 4.90 Å². The number of para-hydroxylation sites is 1. The molecule has 1 aliphatic rings. The van der Waals surface area contributed by atoms with Crippen molar-refractivity contribution in [2.45, 2.75) is 20.8 Å². The Labute approximate surface area is 129 Å². The number of likely N-dealkylation sites (N-methyl/N-ethyl adjacent to an activating group) is 1. The van der Waals surface area contributed by atoms with Crippen LogP contribution < -0.4 is 4.74 Å². The van der Waals surface area contributed by atoms with Gasteiger partial charge in [0.25, 0.3) is 5.91 Å². The van der Waals surface area contributed by atoms with Gasteiger partial charge in [-0.05, 0) is 44.7 Å². The highest BCUT2D eigenvalue weighted by atomic mass is 32.2. The third-order valence-electron chi connectivity index (χ3n) is 3.00. The number of rotatable bonds is 5. The third kappa shape index (κ3) is 3.47. The molecule has 1 aromatic rings. The van der Waals surface area contributed by atoms with Crippen molar-refractivity contribution < 1.29 is 9.53 Å². The van der Waals surface area contributed by atoms with E-state index in [-0.39, 0.29) is 5.91 Å². The topological polar surface area (TPSA) is 41.9 Å². The quantitative estimate of drug-likeness (QED) is 0.783. The van der Waals surface area contributed by atoms with Crippen LogP contribution >= 0.6 is 11.8 Å². The van der Waals surface area contributed by atoms with Crippen molar-refractivity contribution in [3.8, 4) is 5.75 Å². The number of ether oxygens (including phenoxy) is 1. The fraction of sp³-hybridized carbons (Fsp3) is 0.375. The van der Waals surface area contributed by atoms with E-state index in [1.165, 1.54) is 11.8 Å². The van der Waals surface area contributed by atoms with Crippen LogP contribution in [0, 0.1) is 0 Å². The van der Waals surface area contributed by atoms with Crippen LogP contribution in [0.2, 0.25) is 0 Å². The average molecular weight is 304 g/mol. The molecule has 0 bridgehead atoms. The van der Waals surface area contributed by atoms with E-state index in [2.05, 4.69) is 4.99 Å². The Kier molecular flexibility index (Phi) is 5.44. The van der Waals surface area contributed by atoms with E-state index >= 15 is 0 Å². The fourth-order valence-corrected chi connectivity index (χ4v) is 3.16. The van der Waals surface area contributed by atoms with E-state index in [0.717, 1.165) is 16.5 Å². The Morgan fingerprint density at radius 2 is 2.05 bits per heavy atom. The zero-order chi connectivity index (χ0) is 15.2. The number of benzene rings is 1. The predicted octanol–water partition coefficient (Wildman–Crippen LogP) is 3.40. The minimum atomic E-state index is 0.0148. The predicted molar refractivity (Wildman–Crippen MR) is 88.5 cm³/mol. The van der Waals surface area contributed by atoms with Crippen LogP contribution in [0.25, 0.3) is 6.08 Å². The van der Waals surface area contributed by atoms with Crippen molar-refractivity contribution >= 4 is 28.9 Å². The lowest BCUT2D eigenvalue weighted by Gasteiger charge is -2.11. The van der Waals surface area contributed by atoms with Gasteiger partial charge in [0.15, 0.2) is 5.17 Å². The zero-order valence-electron chi connectivity index (χ0n) is 12.6. The number of hydrogen-bond acceptors (Lipinski definition) is 4. The molecule has 112 valence electrons. The van der Waals surface area contributed by atoms with Gasteiger partial charge in [-0.15, -0.1) is 0 Å². The van der Waals surface area contributed by atoms with E-state index in [0.29, 0.717) is 24.6 Å². The van der Waals surface area contributed by atoms with Gasteiger partial charge in [0.1, 0.15) is 5.75 Å². The summed E-state index contributed by atoms with van der Waals surface area (Å²) in [6.45, 7) is 7.79. The summed E-state index contributed by atoms with van der Waals surface area (Å²) in [6.07, 6.45) is 1.89. The highest BCUT2D eigenvalue weighted by molar-refractivity contribution is 8.18. The number of thioether (sulfide) groups is 1. The Morgan fingerprint density at radius 1 is 1.29 bits per heavy atom. The first-order valence-corrected chi connectivity index (χ1v) is 8.00. The molecular formula is C16H20N2O2S. The van der Waals surface area contributed by atoms with Crippen LogP contribution in [0.3, 0.4) is 0 Å². The summed E-state index contributed by atoms with van der Waals surface area (Å²) >= 11 is 1.43. The summed E-state index contributed by atoms with van der Waals surface area (Å²) < 4.78 is 5.60. The fourth-order valence-electron chi connectivity index (χ4n) is 2.07. The van der Waals surface area contributed by atoms with Crippen LogP contribution in [0.5, 0.6) is 5.75 Å². The molecule has 1 aromatic carbocycles. The van der Waals surface area contributed by atoms with Gasteiger partial charge in [0, 0.05) is 18.7 Å². The molecule has 1 fully saturated rings. The van der Waals surface area contributed by atoms with Gasteiger partial charge < -0.3 is 4.74 Å². The smallest absolute Gasteiger partial charge is 0.266 e. The van der Waals surface area contributed by atoms with Gasteiger partial charge >= 0.3 is 0 Å². The second-order valence-corrected chi connectivity index (χ2v) is 5.40. The summed E-state index contributed by atoms with van der Waals surface area (Å²) in [4.78, 5) is 19.2. The molecule has 0 unspecified atom stereocenters. The largest absolute Gasteiger partial charge is 0.493 e. The molecule has 1 heterocycles. The summed E-state index contributed by atoms with van der Waals surface area (Å²) in [5.74, 6) is 0.811. The molecule has 0 spiro atoms. The maximum Gasteiger partial charge on any atom is 0.266 e. The van der Waals surface area contributed by atoms with Crippen molar-refractivity contribution in [3.63, 3.8) is 0 Å². The van der Waals surface area contributed by atoms with Gasteiger partial charge in [-0.2, -0.15) is 0 Å². The van der Waals surface area contributed by atoms with Crippen LogP contribution in [-0.4, -0.2) is 35.7 Å². The molecule has 4 nitrogen and oxygen atoms in total. The molecule has 2 rings (SSSR count). The second kappa shape index (κ2) is 7.31. The summed E-state index contributed by atoms with van der Waals surface area (Å²) in [5.41, 5.74) is 0.920. The van der Waals surface area contributed by atoms with Gasteiger partial charge in [0.2, 0.25) is 0 Å². The number of nitrogens with zero attached hydrogens (tertiary/aromatic N) is 2. The van der Waals surface area contributed by atoms with Crippen molar-refractivity contribution in [3.05, 3.63) is 34.7 Å². The Bertz CT molecular complexity index is 581. The molecule has 0 radical (unpaired) electrons. The molecule has 0 saturated carbocycles. The number of amidine groups is 1. The molecule has 1 aliphatic heterocycles. The van der Waals surface area contributed by atoms with Crippen LogP contribution in [0.15, 0.2) is 34.2 Å². The van der Waals surface area contributed by atoms with Crippen LogP contribution in [-0.2, 0) is 4.79 Å². The van der Waals surface area contributed by atoms with E-state index < -0.39 is 0 Å². The molecule has 0 N–H and O–H groups in total. The molecule has 21 heavy (non-hydrogen) atoms. The Balaban J connectivity index is 2.34. The standard InChI is InChI=1S/C16H20N2O2S/c1-4-17-16-18(5-2)15(19)14(21-16)11-12-9-7-8-10-13(12)20-6-3/h7-11H,4-6H2,1-3H3/b14-11+,17-16?. The van der Waals surface area contributed by atoms with Gasteiger partial charge in [0.05, 0.1) is 11.5 Å². The lowest BCUT2D eigenvalue weighted by atomic mass is 10.2. The highest BCUT2D eigenvalue weighted by Gasteiger charge is 2.31. The van der Waals surface area contributed by atoms with E-state index in [4.69, 9.17) is 4.74 Å². The van der Waals surface area contributed by atoms with Gasteiger partial charge in [-0.25, -0.2) is 0 Å². The first kappa shape index (κ1) is 15.6.